The molecule has 2 heterocycles. The van der Waals surface area contributed by atoms with Crippen molar-refractivity contribution < 1.29 is 4.74 Å². The number of nitrogens with zero attached hydrogens (tertiary/aromatic N) is 2. The zero-order valence-corrected chi connectivity index (χ0v) is 17.2. The van der Waals surface area contributed by atoms with Crippen LogP contribution in [0.25, 0.3) is 11.5 Å². The number of benzene rings is 3. The summed E-state index contributed by atoms with van der Waals surface area (Å²) < 4.78 is 9.11. The molecule has 0 saturated carbocycles. The van der Waals surface area contributed by atoms with E-state index in [1.165, 1.54) is 0 Å². The molecule has 0 aliphatic carbocycles. The highest BCUT2D eigenvalue weighted by molar-refractivity contribution is 5.89. The smallest absolute Gasteiger partial charge is 0.176 e. The first-order valence-corrected chi connectivity index (χ1v) is 10.4. The van der Waals surface area contributed by atoms with Gasteiger partial charge in [0.25, 0.3) is 0 Å². The number of aromatic nitrogens is 2. The molecule has 1 atom stereocenters. The van der Waals surface area contributed by atoms with Crippen LogP contribution in [-0.4, -0.2) is 9.78 Å². The summed E-state index contributed by atoms with van der Waals surface area (Å²) in [6, 6.07) is 33.3. The highest BCUT2D eigenvalue weighted by Gasteiger charge is 2.44. The van der Waals surface area contributed by atoms with Crippen molar-refractivity contribution in [2.45, 2.75) is 25.9 Å². The van der Waals surface area contributed by atoms with Gasteiger partial charge in [-0.1, -0.05) is 97.9 Å². The van der Waals surface area contributed by atoms with Crippen molar-refractivity contribution in [1.29, 1.82) is 0 Å². The minimum absolute atomic E-state index is 0.605. The summed E-state index contributed by atoms with van der Waals surface area (Å²) in [5.41, 5.74) is 5.67. The summed E-state index contributed by atoms with van der Waals surface area (Å²) in [7, 11) is 0. The second kappa shape index (κ2) is 7.34. The lowest BCUT2D eigenvalue weighted by Gasteiger charge is -2.40. The maximum absolute atomic E-state index is 7.02. The monoisotopic (exact) mass is 392 g/mol. The summed E-state index contributed by atoms with van der Waals surface area (Å²) in [6.07, 6.45) is 0.792. The third-order valence-corrected chi connectivity index (χ3v) is 5.77. The average Bonchev–Trinajstić information content (AvgIpc) is 3.21. The Labute approximate surface area is 177 Å². The largest absolute Gasteiger partial charge is 0.473 e. The molecular weight excluding hydrogens is 368 g/mol. The average molecular weight is 393 g/mol. The van der Waals surface area contributed by atoms with Gasteiger partial charge in [-0.05, 0) is 19.4 Å². The molecule has 1 aliphatic heterocycles. The van der Waals surface area contributed by atoms with E-state index in [9.17, 15) is 0 Å². The molecule has 1 aromatic heterocycles. The number of aryl methyl sites for hydroxylation is 1. The molecule has 0 N–H and O–H groups in total. The Morgan fingerprint density at radius 2 is 1.37 bits per heavy atom. The molecule has 0 amide bonds. The molecule has 0 spiro atoms. The first-order valence-electron chi connectivity index (χ1n) is 10.4. The number of fused-ring (bicyclic) bond motifs is 1. The Bertz CT molecular complexity index is 1190. The molecule has 5 rings (SSSR count). The molecule has 0 radical (unpaired) electrons. The van der Waals surface area contributed by atoms with Gasteiger partial charge in [-0.25, -0.2) is 4.68 Å². The second-order valence-corrected chi connectivity index (χ2v) is 7.64. The maximum atomic E-state index is 7.02. The van der Waals surface area contributed by atoms with Crippen LogP contribution in [0.4, 0.5) is 0 Å². The van der Waals surface area contributed by atoms with Gasteiger partial charge in [0.05, 0.1) is 11.4 Å². The number of ether oxygens (including phenoxy) is 1. The summed E-state index contributed by atoms with van der Waals surface area (Å²) >= 11 is 0. The highest BCUT2D eigenvalue weighted by Crippen LogP contribution is 2.47. The van der Waals surface area contributed by atoms with Crippen molar-refractivity contribution in [1.82, 2.24) is 9.78 Å². The van der Waals surface area contributed by atoms with E-state index < -0.39 is 5.60 Å². The van der Waals surface area contributed by atoms with Crippen molar-refractivity contribution in [2.75, 3.05) is 0 Å². The molecule has 3 heteroatoms. The standard InChI is InChI=1S/C27H24N2O/c1-3-27(23-17-11-6-12-18-23)24-19-20(2)28-29(24)25(21-13-7-4-8-14-21)26(30-27)22-15-9-5-10-16-22/h4-19H,3H2,1-2H3. The second-order valence-electron chi connectivity index (χ2n) is 7.64. The highest BCUT2D eigenvalue weighted by atomic mass is 16.5. The Balaban J connectivity index is 1.85. The van der Waals surface area contributed by atoms with Crippen LogP contribution < -0.4 is 0 Å². The predicted molar refractivity (Wildman–Crippen MR) is 121 cm³/mol. The Hall–Kier alpha value is -3.59. The molecule has 1 unspecified atom stereocenters. The Kier molecular flexibility index (Phi) is 4.51. The minimum atomic E-state index is -0.605. The normalized spacial score (nSPS) is 18.1. The van der Waals surface area contributed by atoms with Crippen molar-refractivity contribution >= 4 is 11.5 Å². The van der Waals surface area contributed by atoms with Gasteiger partial charge in [0.1, 0.15) is 5.70 Å². The van der Waals surface area contributed by atoms with Gasteiger partial charge >= 0.3 is 0 Å². The quantitative estimate of drug-likeness (QED) is 0.410. The molecule has 3 aromatic carbocycles. The van der Waals surface area contributed by atoms with Crippen molar-refractivity contribution in [3.8, 4) is 0 Å². The molecular formula is C27H24N2O. The summed E-state index contributed by atoms with van der Waals surface area (Å²) in [4.78, 5) is 0. The van der Waals surface area contributed by atoms with E-state index in [4.69, 9.17) is 9.84 Å². The van der Waals surface area contributed by atoms with E-state index in [2.05, 4.69) is 78.3 Å². The van der Waals surface area contributed by atoms with E-state index in [0.717, 1.165) is 46.0 Å². The SMILES string of the molecule is CCC1(c2ccccc2)OC(c2ccccc2)=C(c2ccccc2)n2nc(C)cc21. The van der Waals surface area contributed by atoms with E-state index in [1.54, 1.807) is 0 Å². The first-order chi connectivity index (χ1) is 14.7. The summed E-state index contributed by atoms with van der Waals surface area (Å²) in [6.45, 7) is 4.22. The zero-order chi connectivity index (χ0) is 20.6. The Morgan fingerprint density at radius 1 is 0.800 bits per heavy atom. The Morgan fingerprint density at radius 3 is 1.97 bits per heavy atom. The van der Waals surface area contributed by atoms with Crippen LogP contribution in [0.2, 0.25) is 0 Å². The number of hydrogen-bond acceptors (Lipinski definition) is 2. The molecule has 3 nitrogen and oxygen atoms in total. The van der Waals surface area contributed by atoms with Gasteiger partial charge in [-0.15, -0.1) is 0 Å². The van der Waals surface area contributed by atoms with Crippen molar-refractivity contribution in [3.05, 3.63) is 125 Å². The molecule has 30 heavy (non-hydrogen) atoms. The van der Waals surface area contributed by atoms with Gasteiger partial charge in [0, 0.05) is 16.7 Å². The predicted octanol–water partition coefficient (Wildman–Crippen LogP) is 6.25. The molecule has 148 valence electrons. The molecule has 4 aromatic rings. The van der Waals surface area contributed by atoms with Crippen LogP contribution in [0, 0.1) is 6.92 Å². The van der Waals surface area contributed by atoms with Crippen LogP contribution in [-0.2, 0) is 10.3 Å². The number of rotatable bonds is 4. The summed E-state index contributed by atoms with van der Waals surface area (Å²) in [5, 5.41) is 4.93. The van der Waals surface area contributed by atoms with E-state index in [-0.39, 0.29) is 0 Å². The third kappa shape index (κ3) is 2.86. The van der Waals surface area contributed by atoms with E-state index in [0.29, 0.717) is 0 Å². The maximum Gasteiger partial charge on any atom is 0.176 e. The van der Waals surface area contributed by atoms with E-state index in [1.807, 2.05) is 37.3 Å². The van der Waals surface area contributed by atoms with Crippen molar-refractivity contribution in [2.24, 2.45) is 0 Å². The van der Waals surface area contributed by atoms with Gasteiger partial charge in [-0.2, -0.15) is 5.10 Å². The zero-order valence-electron chi connectivity index (χ0n) is 17.2. The van der Waals surface area contributed by atoms with Crippen LogP contribution in [0.3, 0.4) is 0 Å². The molecule has 0 fully saturated rings. The summed E-state index contributed by atoms with van der Waals surface area (Å²) in [5.74, 6) is 0.850. The van der Waals surface area contributed by atoms with Gasteiger partial charge in [0.2, 0.25) is 0 Å². The van der Waals surface area contributed by atoms with Gasteiger partial charge in [-0.3, -0.25) is 0 Å². The van der Waals surface area contributed by atoms with Crippen LogP contribution in [0.1, 0.15) is 41.4 Å². The van der Waals surface area contributed by atoms with Gasteiger partial charge in [0.15, 0.2) is 11.4 Å². The molecule has 0 bridgehead atoms. The lowest BCUT2D eigenvalue weighted by Crippen LogP contribution is -2.36. The molecule has 0 saturated heterocycles. The van der Waals surface area contributed by atoms with Gasteiger partial charge < -0.3 is 4.74 Å². The first kappa shape index (κ1) is 18.4. The fourth-order valence-electron chi connectivity index (χ4n) is 4.33. The van der Waals surface area contributed by atoms with Crippen molar-refractivity contribution in [3.63, 3.8) is 0 Å². The van der Waals surface area contributed by atoms with E-state index >= 15 is 0 Å². The number of hydrogen-bond donors (Lipinski definition) is 0. The topological polar surface area (TPSA) is 27.1 Å². The lowest BCUT2D eigenvalue weighted by molar-refractivity contribution is 0.0603. The van der Waals surface area contributed by atoms with Crippen LogP contribution in [0.5, 0.6) is 0 Å². The van der Waals surface area contributed by atoms with Crippen LogP contribution >= 0.6 is 0 Å². The fraction of sp³-hybridized carbons (Fsp3) is 0.148. The lowest BCUT2D eigenvalue weighted by atomic mass is 9.85. The fourth-order valence-corrected chi connectivity index (χ4v) is 4.33. The minimum Gasteiger partial charge on any atom is -0.473 e. The molecule has 1 aliphatic rings. The van der Waals surface area contributed by atoms with Crippen LogP contribution in [0.15, 0.2) is 97.1 Å². The third-order valence-electron chi connectivity index (χ3n) is 5.77.